The van der Waals surface area contributed by atoms with E-state index in [-0.39, 0.29) is 4.90 Å². The van der Waals surface area contributed by atoms with Crippen LogP contribution in [0.4, 0.5) is 0 Å². The minimum Gasteiger partial charge on any atom is -0.329 e. The number of hydrogen-bond acceptors (Lipinski definition) is 5. The fourth-order valence-corrected chi connectivity index (χ4v) is 4.28. The highest BCUT2D eigenvalue weighted by molar-refractivity contribution is 7.99. The molecule has 1 aromatic heterocycles. The molecule has 0 radical (unpaired) electrons. The van der Waals surface area contributed by atoms with Crippen molar-refractivity contribution in [2.75, 3.05) is 31.1 Å². The van der Waals surface area contributed by atoms with E-state index in [1.807, 2.05) is 0 Å². The van der Waals surface area contributed by atoms with Crippen LogP contribution in [0.2, 0.25) is 0 Å². The third-order valence-electron chi connectivity index (χ3n) is 2.79. The summed E-state index contributed by atoms with van der Waals surface area (Å²) in [6.07, 6.45) is 3.87. The van der Waals surface area contributed by atoms with E-state index in [9.17, 15) is 8.42 Å². The fourth-order valence-electron chi connectivity index (χ4n) is 1.84. The molecular formula is C10H18N4O2S2. The molecule has 1 aromatic rings. The summed E-state index contributed by atoms with van der Waals surface area (Å²) in [5.41, 5.74) is 5.42. The predicted octanol–water partition coefficient (Wildman–Crippen LogP) is -0.0306. The van der Waals surface area contributed by atoms with Gasteiger partial charge < -0.3 is 5.73 Å². The van der Waals surface area contributed by atoms with Crippen LogP contribution < -0.4 is 5.73 Å². The standard InChI is InChI=1S/C10H18N4O2S2/c11-2-4-13-9-10(8-12-13)18(15,16)14-3-1-6-17-7-5-14/h8-9H,1-7,11H2. The van der Waals surface area contributed by atoms with Crippen molar-refractivity contribution in [1.82, 2.24) is 14.1 Å². The van der Waals surface area contributed by atoms with Crippen molar-refractivity contribution in [3.05, 3.63) is 12.4 Å². The Morgan fingerprint density at radius 1 is 1.39 bits per heavy atom. The lowest BCUT2D eigenvalue weighted by atomic mass is 10.5. The van der Waals surface area contributed by atoms with Gasteiger partial charge in [-0.05, 0) is 12.2 Å². The van der Waals surface area contributed by atoms with Crippen molar-refractivity contribution >= 4 is 21.8 Å². The summed E-state index contributed by atoms with van der Waals surface area (Å²) in [5, 5.41) is 4.02. The SMILES string of the molecule is NCCn1cc(S(=O)(=O)N2CCCSCC2)cn1. The maximum atomic E-state index is 12.4. The molecule has 2 heterocycles. The average Bonchev–Trinajstić information content (AvgIpc) is 2.65. The molecule has 0 atom stereocenters. The van der Waals surface area contributed by atoms with Crippen molar-refractivity contribution in [2.24, 2.45) is 5.73 Å². The Hall–Kier alpha value is -0.570. The normalized spacial score (nSPS) is 18.7. The lowest BCUT2D eigenvalue weighted by molar-refractivity contribution is 0.435. The zero-order chi connectivity index (χ0) is 13.0. The molecular weight excluding hydrogens is 272 g/mol. The lowest BCUT2D eigenvalue weighted by Gasteiger charge is -2.18. The highest BCUT2D eigenvalue weighted by Crippen LogP contribution is 2.19. The Morgan fingerprint density at radius 2 is 2.22 bits per heavy atom. The topological polar surface area (TPSA) is 81.2 Å². The zero-order valence-corrected chi connectivity index (χ0v) is 11.8. The van der Waals surface area contributed by atoms with Crippen LogP contribution in [0.15, 0.2) is 17.3 Å². The Bertz CT molecular complexity index is 478. The molecule has 0 aromatic carbocycles. The number of nitrogens with zero attached hydrogens (tertiary/aromatic N) is 3. The quantitative estimate of drug-likeness (QED) is 0.842. The smallest absolute Gasteiger partial charge is 0.246 e. The zero-order valence-electron chi connectivity index (χ0n) is 10.2. The van der Waals surface area contributed by atoms with Crippen LogP contribution in [0.25, 0.3) is 0 Å². The number of hydrogen-bond donors (Lipinski definition) is 1. The second kappa shape index (κ2) is 6.05. The molecule has 1 aliphatic rings. The largest absolute Gasteiger partial charge is 0.329 e. The number of aromatic nitrogens is 2. The van der Waals surface area contributed by atoms with Gasteiger partial charge in [0.1, 0.15) is 4.90 Å². The van der Waals surface area contributed by atoms with E-state index in [0.29, 0.717) is 26.2 Å². The summed E-state index contributed by atoms with van der Waals surface area (Å²) in [6.45, 7) is 2.15. The molecule has 2 N–H and O–H groups in total. The number of rotatable bonds is 4. The number of sulfonamides is 1. The van der Waals surface area contributed by atoms with E-state index >= 15 is 0 Å². The Morgan fingerprint density at radius 3 is 3.00 bits per heavy atom. The van der Waals surface area contributed by atoms with Crippen molar-refractivity contribution in [1.29, 1.82) is 0 Å². The van der Waals surface area contributed by atoms with Gasteiger partial charge in [0, 0.05) is 31.6 Å². The molecule has 102 valence electrons. The Balaban J connectivity index is 2.17. The summed E-state index contributed by atoms with van der Waals surface area (Å²) in [5.74, 6) is 1.88. The van der Waals surface area contributed by atoms with Crippen LogP contribution in [0.5, 0.6) is 0 Å². The third-order valence-corrected chi connectivity index (χ3v) is 5.69. The maximum Gasteiger partial charge on any atom is 0.246 e. The first-order valence-corrected chi connectivity index (χ1v) is 8.54. The molecule has 1 fully saturated rings. The molecule has 1 saturated heterocycles. The first kappa shape index (κ1) is 13.9. The van der Waals surface area contributed by atoms with E-state index in [0.717, 1.165) is 17.9 Å². The molecule has 0 unspecified atom stereocenters. The highest BCUT2D eigenvalue weighted by atomic mass is 32.2. The first-order chi connectivity index (χ1) is 8.64. The number of thioether (sulfide) groups is 1. The van der Waals surface area contributed by atoms with Crippen molar-refractivity contribution < 1.29 is 8.42 Å². The number of nitrogens with two attached hydrogens (primary N) is 1. The summed E-state index contributed by atoms with van der Waals surface area (Å²) in [4.78, 5) is 0.267. The van der Waals surface area contributed by atoms with E-state index in [2.05, 4.69) is 5.10 Å². The van der Waals surface area contributed by atoms with E-state index in [1.165, 1.54) is 6.20 Å². The van der Waals surface area contributed by atoms with Gasteiger partial charge in [-0.25, -0.2) is 8.42 Å². The van der Waals surface area contributed by atoms with Crippen molar-refractivity contribution in [3.63, 3.8) is 0 Å². The van der Waals surface area contributed by atoms with Crippen LogP contribution in [-0.4, -0.2) is 53.6 Å². The summed E-state index contributed by atoms with van der Waals surface area (Å²) in [7, 11) is -3.39. The molecule has 6 nitrogen and oxygen atoms in total. The Labute approximate surface area is 112 Å². The van der Waals surface area contributed by atoms with Gasteiger partial charge in [-0.1, -0.05) is 0 Å². The second-order valence-electron chi connectivity index (χ2n) is 4.10. The molecule has 1 aliphatic heterocycles. The Kier molecular flexibility index (Phi) is 4.66. The molecule has 18 heavy (non-hydrogen) atoms. The first-order valence-electron chi connectivity index (χ1n) is 5.95. The van der Waals surface area contributed by atoms with Gasteiger partial charge >= 0.3 is 0 Å². The molecule has 8 heteroatoms. The molecule has 0 bridgehead atoms. The monoisotopic (exact) mass is 290 g/mol. The maximum absolute atomic E-state index is 12.4. The average molecular weight is 290 g/mol. The summed E-state index contributed by atoms with van der Waals surface area (Å²) in [6, 6.07) is 0. The summed E-state index contributed by atoms with van der Waals surface area (Å²) < 4.78 is 27.9. The van der Waals surface area contributed by atoms with Crippen LogP contribution >= 0.6 is 11.8 Å². The highest BCUT2D eigenvalue weighted by Gasteiger charge is 2.26. The van der Waals surface area contributed by atoms with Gasteiger partial charge in [0.2, 0.25) is 10.0 Å². The van der Waals surface area contributed by atoms with Gasteiger partial charge in [0.05, 0.1) is 12.7 Å². The van der Waals surface area contributed by atoms with E-state index in [1.54, 1.807) is 26.9 Å². The van der Waals surface area contributed by atoms with Crippen LogP contribution in [0.3, 0.4) is 0 Å². The van der Waals surface area contributed by atoms with Gasteiger partial charge in [-0.15, -0.1) is 0 Å². The minimum atomic E-state index is -3.39. The van der Waals surface area contributed by atoms with Gasteiger partial charge in [-0.3, -0.25) is 4.68 Å². The molecule has 2 rings (SSSR count). The van der Waals surface area contributed by atoms with Gasteiger partial charge in [0.15, 0.2) is 0 Å². The summed E-state index contributed by atoms with van der Waals surface area (Å²) >= 11 is 1.80. The molecule has 0 amide bonds. The van der Waals surface area contributed by atoms with Crippen molar-refractivity contribution in [2.45, 2.75) is 17.9 Å². The molecule has 0 aliphatic carbocycles. The molecule has 0 spiro atoms. The van der Waals surface area contributed by atoms with Gasteiger partial charge in [-0.2, -0.15) is 21.2 Å². The van der Waals surface area contributed by atoms with Gasteiger partial charge in [0.25, 0.3) is 0 Å². The minimum absolute atomic E-state index is 0.267. The predicted molar refractivity (Wildman–Crippen MR) is 72.0 cm³/mol. The fraction of sp³-hybridized carbons (Fsp3) is 0.700. The lowest BCUT2D eigenvalue weighted by Crippen LogP contribution is -2.32. The van der Waals surface area contributed by atoms with Crippen LogP contribution in [0, 0.1) is 0 Å². The third kappa shape index (κ3) is 3.05. The van der Waals surface area contributed by atoms with E-state index in [4.69, 9.17) is 5.73 Å². The van der Waals surface area contributed by atoms with Crippen LogP contribution in [0.1, 0.15) is 6.42 Å². The van der Waals surface area contributed by atoms with Crippen LogP contribution in [-0.2, 0) is 16.6 Å². The van der Waals surface area contributed by atoms with Crippen molar-refractivity contribution in [3.8, 4) is 0 Å². The molecule has 0 saturated carbocycles. The van der Waals surface area contributed by atoms with E-state index < -0.39 is 10.0 Å². The second-order valence-corrected chi connectivity index (χ2v) is 7.26.